The van der Waals surface area contributed by atoms with Crippen molar-refractivity contribution in [1.82, 2.24) is 15.3 Å². The molecule has 1 aliphatic carbocycles. The first-order valence-electron chi connectivity index (χ1n) is 17.2. The Balaban J connectivity index is 1.22. The summed E-state index contributed by atoms with van der Waals surface area (Å²) in [6, 6.07) is 4.81. The van der Waals surface area contributed by atoms with Gasteiger partial charge in [0.25, 0.3) is 0 Å². The van der Waals surface area contributed by atoms with E-state index < -0.39 is 83.9 Å². The van der Waals surface area contributed by atoms with E-state index in [0.717, 1.165) is 11.1 Å². The maximum atomic E-state index is 15.0. The van der Waals surface area contributed by atoms with Crippen LogP contribution in [0.25, 0.3) is 6.08 Å². The number of carbonyl (C=O) groups excluding carboxylic acids is 4. The molecule has 0 aromatic heterocycles. The van der Waals surface area contributed by atoms with Crippen LogP contribution in [0.2, 0.25) is 0 Å². The molecule has 15 heteroatoms. The van der Waals surface area contributed by atoms with E-state index in [1.807, 2.05) is 24.3 Å². The number of benzene rings is 1. The molecular weight excluding hydrogens is 654 g/mol. The number of nitrogens with one attached hydrogen (secondary N) is 1. The van der Waals surface area contributed by atoms with Crippen molar-refractivity contribution in [3.8, 4) is 0 Å². The second-order valence-electron chi connectivity index (χ2n) is 14.4. The SMILES string of the molecule is CC(C)(C)OC(=O)CCC(CO)NC(=O)C1CCCN1C(=O)C12CC3OC(=O)C1N(Cc1cccc(C=COCCO)c1)OC2C1OCOC31. The van der Waals surface area contributed by atoms with Crippen LogP contribution in [0.15, 0.2) is 30.5 Å². The van der Waals surface area contributed by atoms with Crippen molar-refractivity contribution in [3.05, 3.63) is 41.7 Å². The first kappa shape index (κ1) is 36.2. The normalized spacial score (nSPS) is 31.0. The van der Waals surface area contributed by atoms with Crippen molar-refractivity contribution in [2.45, 2.75) is 108 Å². The molecule has 2 amide bonds. The Morgan fingerprint density at radius 3 is 2.74 bits per heavy atom. The molecule has 2 bridgehead atoms. The number of hydrogen-bond acceptors (Lipinski definition) is 13. The van der Waals surface area contributed by atoms with Gasteiger partial charge in [-0.3, -0.25) is 24.0 Å². The lowest BCUT2D eigenvalue weighted by Gasteiger charge is -2.50. The van der Waals surface area contributed by atoms with E-state index in [-0.39, 0.29) is 52.4 Å². The Morgan fingerprint density at radius 1 is 1.18 bits per heavy atom. The maximum absolute atomic E-state index is 15.0. The highest BCUT2D eigenvalue weighted by molar-refractivity contribution is 5.96. The minimum atomic E-state index is -1.42. The first-order chi connectivity index (χ1) is 23.9. The molecule has 4 saturated heterocycles. The molecule has 5 fully saturated rings. The third kappa shape index (κ3) is 7.25. The second kappa shape index (κ2) is 14.9. The quantitative estimate of drug-likeness (QED) is 0.149. The molecule has 5 aliphatic rings. The number of esters is 2. The van der Waals surface area contributed by atoms with Crippen LogP contribution >= 0.6 is 0 Å². The van der Waals surface area contributed by atoms with Gasteiger partial charge in [0, 0.05) is 19.4 Å². The van der Waals surface area contributed by atoms with Crippen molar-refractivity contribution in [2.75, 3.05) is 33.2 Å². The Bertz CT molecular complexity index is 1460. The summed E-state index contributed by atoms with van der Waals surface area (Å²) >= 11 is 0. The smallest absolute Gasteiger partial charge is 0.327 e. The van der Waals surface area contributed by atoms with Gasteiger partial charge in [-0.05, 0) is 57.2 Å². The lowest BCUT2D eigenvalue weighted by Crippen LogP contribution is -2.70. The van der Waals surface area contributed by atoms with E-state index in [4.69, 9.17) is 33.6 Å². The zero-order valence-electron chi connectivity index (χ0n) is 28.7. The standard InChI is InChI=1S/C35H47N3O12/c1-34(2,3)49-26(41)10-9-23(19-40)36-31(42)24-8-5-12-37(24)33(44)35-17-25-27-28(47-20-46-27)30(35)50-38(29(35)32(43)48-25)18-22-7-4-6-21(16-22)11-14-45-15-13-39/h4,6-7,11,14,16,23-25,27-30,39-40H,5,8-10,12-13,15,17-20H2,1-3H3,(H,36,42). The molecule has 8 atom stereocenters. The largest absolute Gasteiger partial charge is 0.499 e. The number of likely N-dealkylation sites (tertiary alicyclic amines) is 1. The molecule has 15 nitrogen and oxygen atoms in total. The number of ether oxygens (including phenoxy) is 5. The average molecular weight is 702 g/mol. The van der Waals surface area contributed by atoms with Gasteiger partial charge < -0.3 is 44.1 Å². The fraction of sp³-hybridized carbons (Fsp3) is 0.657. The number of rotatable bonds is 13. The molecule has 4 heterocycles. The summed E-state index contributed by atoms with van der Waals surface area (Å²) in [7, 11) is 0. The maximum Gasteiger partial charge on any atom is 0.327 e. The monoisotopic (exact) mass is 701 g/mol. The molecule has 6 rings (SSSR count). The summed E-state index contributed by atoms with van der Waals surface area (Å²) in [5.41, 5.74) is -0.458. The Morgan fingerprint density at radius 2 is 1.98 bits per heavy atom. The lowest BCUT2D eigenvalue weighted by atomic mass is 9.62. The number of aliphatic hydroxyl groups is 2. The van der Waals surface area contributed by atoms with E-state index in [1.165, 1.54) is 16.2 Å². The third-order valence-electron chi connectivity index (χ3n) is 9.83. The van der Waals surface area contributed by atoms with Gasteiger partial charge in [0.2, 0.25) is 11.8 Å². The molecule has 1 aromatic carbocycles. The van der Waals surface area contributed by atoms with E-state index >= 15 is 0 Å². The third-order valence-corrected chi connectivity index (χ3v) is 9.83. The van der Waals surface area contributed by atoms with Gasteiger partial charge in [-0.25, -0.2) is 0 Å². The highest BCUT2D eigenvalue weighted by Gasteiger charge is 2.75. The molecule has 8 unspecified atom stereocenters. The van der Waals surface area contributed by atoms with Crippen molar-refractivity contribution < 1.29 is 57.9 Å². The van der Waals surface area contributed by atoms with Crippen molar-refractivity contribution in [2.24, 2.45) is 5.41 Å². The molecule has 1 aromatic rings. The van der Waals surface area contributed by atoms with E-state index in [0.29, 0.717) is 12.8 Å². The summed E-state index contributed by atoms with van der Waals surface area (Å²) in [5.74, 6) is -1.89. The molecule has 3 N–H and O–H groups in total. The highest BCUT2D eigenvalue weighted by Crippen LogP contribution is 2.56. The molecule has 1 saturated carbocycles. The van der Waals surface area contributed by atoms with Gasteiger partial charge in [-0.15, -0.1) is 0 Å². The van der Waals surface area contributed by atoms with Crippen LogP contribution in [0.4, 0.5) is 0 Å². The molecule has 0 radical (unpaired) electrons. The fourth-order valence-electron chi connectivity index (χ4n) is 7.78. The number of carbonyl (C=O) groups is 4. The van der Waals surface area contributed by atoms with Gasteiger partial charge in [0.1, 0.15) is 54.9 Å². The average Bonchev–Trinajstić information content (AvgIpc) is 3.83. The second-order valence-corrected chi connectivity index (χ2v) is 14.4. The summed E-state index contributed by atoms with van der Waals surface area (Å²) in [6.45, 7) is 5.36. The van der Waals surface area contributed by atoms with Gasteiger partial charge in [-0.1, -0.05) is 24.3 Å². The molecule has 50 heavy (non-hydrogen) atoms. The van der Waals surface area contributed by atoms with Crippen molar-refractivity contribution in [1.29, 1.82) is 0 Å². The van der Waals surface area contributed by atoms with Crippen molar-refractivity contribution >= 4 is 29.8 Å². The Labute approximate surface area is 290 Å². The van der Waals surface area contributed by atoms with E-state index in [1.54, 1.807) is 26.8 Å². The predicted molar refractivity (Wildman–Crippen MR) is 173 cm³/mol. The van der Waals surface area contributed by atoms with Crippen molar-refractivity contribution in [3.63, 3.8) is 0 Å². The minimum Gasteiger partial charge on any atom is -0.499 e. The van der Waals surface area contributed by atoms with Gasteiger partial charge in [0.05, 0.1) is 32.1 Å². The van der Waals surface area contributed by atoms with Crippen LogP contribution in [0.1, 0.15) is 64.0 Å². The summed E-state index contributed by atoms with van der Waals surface area (Å²) in [5, 5.41) is 23.3. The topological polar surface area (TPSA) is 183 Å². The number of fused-ring (bicyclic) bond motifs is 4. The molecular formula is C35H47N3O12. The number of aliphatic hydroxyl groups excluding tert-OH is 2. The zero-order chi connectivity index (χ0) is 35.6. The van der Waals surface area contributed by atoms with Crippen LogP contribution in [-0.4, -0.2) is 125 Å². The number of hydrogen-bond donors (Lipinski definition) is 3. The van der Waals surface area contributed by atoms with Crippen LogP contribution in [0.5, 0.6) is 0 Å². The van der Waals surface area contributed by atoms with Crippen LogP contribution < -0.4 is 5.32 Å². The number of nitrogens with zero attached hydrogens (tertiary/aromatic N) is 2. The van der Waals surface area contributed by atoms with Gasteiger partial charge in [0.15, 0.2) is 6.04 Å². The zero-order valence-corrected chi connectivity index (χ0v) is 28.7. The minimum absolute atomic E-state index is 0.000542. The summed E-state index contributed by atoms with van der Waals surface area (Å²) < 4.78 is 28.3. The molecule has 274 valence electrons. The highest BCUT2D eigenvalue weighted by atomic mass is 16.8. The van der Waals surface area contributed by atoms with E-state index in [9.17, 15) is 24.3 Å². The number of hydroxylamine groups is 2. The number of amides is 2. The summed E-state index contributed by atoms with van der Waals surface area (Å²) in [4.78, 5) is 62.8. The van der Waals surface area contributed by atoms with Crippen LogP contribution in [0.3, 0.4) is 0 Å². The first-order valence-corrected chi connectivity index (χ1v) is 17.2. The predicted octanol–water partition coefficient (Wildman–Crippen LogP) is 0.798. The van der Waals surface area contributed by atoms with Crippen LogP contribution in [0, 0.1) is 5.41 Å². The van der Waals surface area contributed by atoms with E-state index in [2.05, 4.69) is 5.32 Å². The fourth-order valence-corrected chi connectivity index (χ4v) is 7.78. The summed E-state index contributed by atoms with van der Waals surface area (Å²) in [6.07, 6.45) is 1.59. The lowest BCUT2D eigenvalue weighted by molar-refractivity contribution is -0.204. The van der Waals surface area contributed by atoms with Gasteiger partial charge in [-0.2, -0.15) is 5.06 Å². The molecule has 0 spiro atoms. The Kier molecular flexibility index (Phi) is 10.8. The Hall–Kier alpha value is -3.60. The van der Waals surface area contributed by atoms with Gasteiger partial charge >= 0.3 is 11.9 Å². The molecule has 4 aliphatic heterocycles. The van der Waals surface area contributed by atoms with Crippen LogP contribution in [-0.2, 0) is 54.2 Å².